The van der Waals surface area contributed by atoms with Crippen molar-refractivity contribution in [3.8, 4) is 0 Å². The molecule has 0 bridgehead atoms. The summed E-state index contributed by atoms with van der Waals surface area (Å²) in [7, 11) is -5.03. The molecule has 6 N–H and O–H groups in total. The van der Waals surface area contributed by atoms with Crippen LogP contribution in [0.1, 0.15) is 206 Å². The number of phosphoric acid groups is 1. The number of rotatable bonds is 44. The zero-order chi connectivity index (χ0) is 48.4. The number of ether oxygens (including phenoxy) is 2. The molecule has 66 heavy (non-hydrogen) atoms. The van der Waals surface area contributed by atoms with Crippen LogP contribution in [0, 0.1) is 0 Å². The first kappa shape index (κ1) is 62.1. The minimum atomic E-state index is -5.03. The average Bonchev–Trinajstić information content (AvgIpc) is 3.30. The van der Waals surface area contributed by atoms with Crippen LogP contribution in [0.15, 0.2) is 60.8 Å². The van der Waals surface area contributed by atoms with Gasteiger partial charge in [-0.05, 0) is 83.5 Å². The molecule has 1 fully saturated rings. The van der Waals surface area contributed by atoms with Crippen molar-refractivity contribution in [3.63, 3.8) is 0 Å². The number of carbonyl (C=O) groups excluding carboxylic acids is 1. The molecule has 1 aliphatic rings. The fraction of sp³-hybridized carbons (Fsp3) is 0.792. The van der Waals surface area contributed by atoms with Gasteiger partial charge in [0.15, 0.2) is 0 Å². The third-order valence-electron chi connectivity index (χ3n) is 11.9. The maximum absolute atomic E-state index is 12.9. The summed E-state index contributed by atoms with van der Waals surface area (Å²) in [6.07, 6.45) is 42.7. The summed E-state index contributed by atoms with van der Waals surface area (Å²) in [6.45, 7) is 4.20. The topological polar surface area (TPSA) is 192 Å². The van der Waals surface area contributed by atoms with Crippen molar-refractivity contribution < 1.29 is 58.3 Å². The largest absolute Gasteiger partial charge is 0.472 e. The number of aliphatic hydroxyl groups is 5. The summed E-state index contributed by atoms with van der Waals surface area (Å²) in [6, 6.07) is 0. The third kappa shape index (κ3) is 34.3. The molecule has 12 nitrogen and oxygen atoms in total. The first-order chi connectivity index (χ1) is 32.0. The third-order valence-corrected chi connectivity index (χ3v) is 12.8. The Bertz CT molecular complexity index is 1320. The second-order valence-electron chi connectivity index (χ2n) is 18.0. The Kier molecular flexibility index (Phi) is 40.5. The molecule has 13 heteroatoms. The molecule has 0 aromatic carbocycles. The number of hydrogen-bond acceptors (Lipinski definition) is 11. The van der Waals surface area contributed by atoms with E-state index in [-0.39, 0.29) is 13.0 Å². The molecule has 0 aliphatic heterocycles. The monoisotopic (exact) mass is 955 g/mol. The van der Waals surface area contributed by atoms with Crippen molar-refractivity contribution in [2.75, 3.05) is 19.8 Å². The maximum atomic E-state index is 12.9. The smallest absolute Gasteiger partial charge is 0.457 e. The predicted octanol–water partition coefficient (Wildman–Crippen LogP) is 11.8. The van der Waals surface area contributed by atoms with Gasteiger partial charge in [-0.25, -0.2) is 4.57 Å². The molecule has 0 aromatic heterocycles. The number of phosphoric ester groups is 1. The van der Waals surface area contributed by atoms with Crippen LogP contribution in [-0.2, 0) is 27.9 Å². The Morgan fingerprint density at radius 3 is 1.29 bits per heavy atom. The van der Waals surface area contributed by atoms with Gasteiger partial charge in [0.2, 0.25) is 0 Å². The standard InChI is InChI=1S/C53H95O12P/c1-3-5-7-9-11-13-15-17-19-21-23-25-27-29-31-33-35-37-39-41-43-62-44-46(45-63-66(60,61)65-53-51(58)49(56)48(55)50(57)52(53)59)64-47(54)42-40-38-36-34-32-30-28-26-24-22-20-18-16-14-12-10-8-6-4-2/h11-14,17-20,24,26,46,48-53,55-59H,3-10,15-16,21-23,25,27-45H2,1-2H3,(H,60,61)/b13-11-,14-12-,19-17-,20-18-,26-24-. The first-order valence-corrected chi connectivity index (χ1v) is 27.6. The summed E-state index contributed by atoms with van der Waals surface area (Å²) >= 11 is 0. The van der Waals surface area contributed by atoms with E-state index in [1.54, 1.807) is 0 Å². The molecule has 384 valence electrons. The molecular formula is C53H95O12P. The highest BCUT2D eigenvalue weighted by Crippen LogP contribution is 2.47. The number of carbonyl (C=O) groups is 1. The fourth-order valence-corrected chi connectivity index (χ4v) is 8.66. The van der Waals surface area contributed by atoms with E-state index >= 15 is 0 Å². The summed E-state index contributed by atoms with van der Waals surface area (Å²) < 4.78 is 34.3. The molecule has 0 amide bonds. The molecule has 0 aromatic rings. The van der Waals surface area contributed by atoms with E-state index in [2.05, 4.69) is 74.6 Å². The molecule has 0 heterocycles. The van der Waals surface area contributed by atoms with Crippen LogP contribution < -0.4 is 0 Å². The lowest BCUT2D eigenvalue weighted by atomic mass is 9.85. The Morgan fingerprint density at radius 1 is 0.485 bits per heavy atom. The van der Waals surface area contributed by atoms with Crippen molar-refractivity contribution in [2.45, 2.75) is 249 Å². The quantitative estimate of drug-likeness (QED) is 0.0147. The van der Waals surface area contributed by atoms with Crippen LogP contribution in [0.25, 0.3) is 0 Å². The summed E-state index contributed by atoms with van der Waals surface area (Å²) in [5.74, 6) is -0.491. The summed E-state index contributed by atoms with van der Waals surface area (Å²) in [5, 5.41) is 50.3. The van der Waals surface area contributed by atoms with E-state index in [0.717, 1.165) is 83.5 Å². The summed E-state index contributed by atoms with van der Waals surface area (Å²) in [4.78, 5) is 23.3. The molecule has 0 radical (unpaired) electrons. The van der Waals surface area contributed by atoms with Gasteiger partial charge >= 0.3 is 13.8 Å². The van der Waals surface area contributed by atoms with E-state index in [0.29, 0.717) is 13.0 Å². The normalized spacial score (nSPS) is 21.9. The lowest BCUT2D eigenvalue weighted by Gasteiger charge is -2.41. The van der Waals surface area contributed by atoms with Gasteiger partial charge in [0.05, 0.1) is 13.2 Å². The number of aliphatic hydroxyl groups excluding tert-OH is 5. The minimum absolute atomic E-state index is 0.0860. The van der Waals surface area contributed by atoms with Gasteiger partial charge in [0.1, 0.15) is 42.7 Å². The zero-order valence-electron chi connectivity index (χ0n) is 41.2. The predicted molar refractivity (Wildman–Crippen MR) is 267 cm³/mol. The SMILES string of the molecule is CCCCC/C=C\C/C=C\C/C=C\CCCCCCCCC(=O)OC(COCCCCCCCCCCCC/C=C\C/C=C\CCCCC)COP(=O)(O)OC1C(O)C(O)C(O)C(O)C1O. The van der Waals surface area contributed by atoms with Gasteiger partial charge in [-0.15, -0.1) is 0 Å². The van der Waals surface area contributed by atoms with Crippen molar-refractivity contribution in [3.05, 3.63) is 60.8 Å². The number of allylic oxidation sites excluding steroid dienone is 10. The van der Waals surface area contributed by atoms with Crippen LogP contribution in [0.4, 0.5) is 0 Å². The van der Waals surface area contributed by atoms with E-state index in [4.69, 9.17) is 18.5 Å². The van der Waals surface area contributed by atoms with Gasteiger partial charge in [-0.2, -0.15) is 0 Å². The van der Waals surface area contributed by atoms with Crippen molar-refractivity contribution in [1.29, 1.82) is 0 Å². The van der Waals surface area contributed by atoms with Gasteiger partial charge < -0.3 is 39.9 Å². The van der Waals surface area contributed by atoms with Crippen LogP contribution in [-0.4, -0.2) is 98.9 Å². The number of unbranched alkanes of at least 4 members (excludes halogenated alkanes) is 22. The van der Waals surface area contributed by atoms with Crippen LogP contribution >= 0.6 is 7.82 Å². The van der Waals surface area contributed by atoms with Gasteiger partial charge in [-0.3, -0.25) is 13.8 Å². The minimum Gasteiger partial charge on any atom is -0.457 e. The Balaban J connectivity index is 2.35. The number of esters is 1. The molecule has 6 atom stereocenters. The fourth-order valence-electron chi connectivity index (χ4n) is 7.69. The Hall–Kier alpha value is -1.96. The van der Waals surface area contributed by atoms with Crippen molar-refractivity contribution >= 4 is 13.8 Å². The van der Waals surface area contributed by atoms with Crippen LogP contribution in [0.5, 0.6) is 0 Å². The Morgan fingerprint density at radius 2 is 0.848 bits per heavy atom. The molecule has 6 unspecified atom stereocenters. The zero-order valence-corrected chi connectivity index (χ0v) is 42.1. The lowest BCUT2D eigenvalue weighted by Crippen LogP contribution is -2.64. The van der Waals surface area contributed by atoms with E-state index in [1.165, 1.54) is 96.3 Å². The highest BCUT2D eigenvalue weighted by Gasteiger charge is 2.51. The second-order valence-corrected chi connectivity index (χ2v) is 19.4. The van der Waals surface area contributed by atoms with E-state index in [1.807, 2.05) is 0 Å². The van der Waals surface area contributed by atoms with Crippen LogP contribution in [0.3, 0.4) is 0 Å². The molecule has 0 spiro atoms. The second kappa shape index (κ2) is 43.1. The lowest BCUT2D eigenvalue weighted by molar-refractivity contribution is -0.220. The van der Waals surface area contributed by atoms with Gasteiger partial charge in [0.25, 0.3) is 0 Å². The molecule has 1 saturated carbocycles. The van der Waals surface area contributed by atoms with Crippen molar-refractivity contribution in [2.24, 2.45) is 0 Å². The van der Waals surface area contributed by atoms with Crippen molar-refractivity contribution in [1.82, 2.24) is 0 Å². The molecule has 0 saturated heterocycles. The van der Waals surface area contributed by atoms with E-state index in [9.17, 15) is 39.8 Å². The number of hydrogen-bond donors (Lipinski definition) is 6. The average molecular weight is 955 g/mol. The molecule has 1 rings (SSSR count). The highest BCUT2D eigenvalue weighted by molar-refractivity contribution is 7.47. The van der Waals surface area contributed by atoms with Crippen LogP contribution in [0.2, 0.25) is 0 Å². The molecule has 1 aliphatic carbocycles. The first-order valence-electron chi connectivity index (χ1n) is 26.1. The highest BCUT2D eigenvalue weighted by atomic mass is 31.2. The van der Waals surface area contributed by atoms with Gasteiger partial charge in [0, 0.05) is 13.0 Å². The van der Waals surface area contributed by atoms with E-state index < -0.39 is 63.1 Å². The summed E-state index contributed by atoms with van der Waals surface area (Å²) in [5.41, 5.74) is 0. The Labute approximate surface area is 400 Å². The molecular weight excluding hydrogens is 860 g/mol. The maximum Gasteiger partial charge on any atom is 0.472 e. The van der Waals surface area contributed by atoms with Gasteiger partial charge in [-0.1, -0.05) is 177 Å².